The van der Waals surface area contributed by atoms with Crippen molar-refractivity contribution in [1.82, 2.24) is 0 Å². The number of hydrogen-bond donors (Lipinski definition) is 1. The lowest BCUT2D eigenvalue weighted by Gasteiger charge is -2.26. The molecular formula is C49H34N2O. The van der Waals surface area contributed by atoms with E-state index >= 15 is 0 Å². The van der Waals surface area contributed by atoms with Crippen molar-refractivity contribution < 1.29 is 4.74 Å². The zero-order valence-corrected chi connectivity index (χ0v) is 28.4. The van der Waals surface area contributed by atoms with Crippen molar-refractivity contribution in [2.75, 3.05) is 10.2 Å². The maximum Gasteiger partial charge on any atom is 0.196 e. The average molecular weight is 667 g/mol. The van der Waals surface area contributed by atoms with E-state index in [0.717, 1.165) is 34.1 Å². The normalized spacial score (nSPS) is 13.5. The molecule has 0 amide bonds. The van der Waals surface area contributed by atoms with Gasteiger partial charge in [-0.25, -0.2) is 0 Å². The second kappa shape index (κ2) is 12.5. The summed E-state index contributed by atoms with van der Waals surface area (Å²) in [6.07, 6.45) is -0.203. The van der Waals surface area contributed by atoms with Crippen molar-refractivity contribution in [3.05, 3.63) is 200 Å². The number of ether oxygens (including phenoxy) is 1. The molecule has 1 heterocycles. The predicted molar refractivity (Wildman–Crippen MR) is 218 cm³/mol. The quantitative estimate of drug-likeness (QED) is 0.179. The highest BCUT2D eigenvalue weighted by Gasteiger charge is 2.26. The molecular weight excluding hydrogens is 633 g/mol. The monoisotopic (exact) mass is 666 g/mol. The summed E-state index contributed by atoms with van der Waals surface area (Å²) in [5.41, 5.74) is 10.3. The first kappa shape index (κ1) is 30.0. The summed E-state index contributed by atoms with van der Waals surface area (Å²) in [7, 11) is 0. The molecule has 10 rings (SSSR count). The van der Waals surface area contributed by atoms with Gasteiger partial charge in [-0.15, -0.1) is 0 Å². The van der Waals surface area contributed by atoms with E-state index in [4.69, 9.17) is 4.74 Å². The fourth-order valence-electron chi connectivity index (χ4n) is 7.62. The molecule has 0 saturated heterocycles. The number of anilines is 4. The van der Waals surface area contributed by atoms with Crippen LogP contribution in [0.5, 0.6) is 5.75 Å². The third-order valence-electron chi connectivity index (χ3n) is 10.3. The summed E-state index contributed by atoms with van der Waals surface area (Å²) in [5, 5.41) is 10.9. The Hall–Kier alpha value is -6.84. The van der Waals surface area contributed by atoms with Gasteiger partial charge in [-0.2, -0.15) is 0 Å². The molecule has 1 atom stereocenters. The predicted octanol–water partition coefficient (Wildman–Crippen LogP) is 13.5. The second-order valence-corrected chi connectivity index (χ2v) is 13.4. The smallest absolute Gasteiger partial charge is 0.196 e. The minimum absolute atomic E-state index is 0.203. The Morgan fingerprint density at radius 2 is 0.962 bits per heavy atom. The van der Waals surface area contributed by atoms with Crippen LogP contribution >= 0.6 is 0 Å². The largest absolute Gasteiger partial charge is 0.464 e. The van der Waals surface area contributed by atoms with Crippen LogP contribution in [0.2, 0.25) is 0 Å². The lowest BCUT2D eigenvalue weighted by molar-refractivity contribution is 0.260. The molecule has 246 valence electrons. The zero-order valence-electron chi connectivity index (χ0n) is 28.4. The number of benzene rings is 9. The molecule has 1 aliphatic rings. The minimum Gasteiger partial charge on any atom is -0.464 e. The fourth-order valence-corrected chi connectivity index (χ4v) is 7.62. The van der Waals surface area contributed by atoms with Crippen molar-refractivity contribution in [2.24, 2.45) is 0 Å². The van der Waals surface area contributed by atoms with Crippen molar-refractivity contribution in [1.29, 1.82) is 0 Å². The van der Waals surface area contributed by atoms with Gasteiger partial charge < -0.3 is 15.0 Å². The number of rotatable bonds is 6. The van der Waals surface area contributed by atoms with Crippen LogP contribution in [0.15, 0.2) is 194 Å². The summed E-state index contributed by atoms with van der Waals surface area (Å²) in [6.45, 7) is 0. The highest BCUT2D eigenvalue weighted by molar-refractivity contribution is 6.15. The molecule has 0 aromatic heterocycles. The van der Waals surface area contributed by atoms with E-state index in [0.29, 0.717) is 0 Å². The maximum atomic E-state index is 6.37. The Kier molecular flexibility index (Phi) is 7.21. The Morgan fingerprint density at radius 1 is 0.404 bits per heavy atom. The number of nitrogens with one attached hydrogen (secondary N) is 1. The Labute approximate surface area is 303 Å². The van der Waals surface area contributed by atoms with E-state index < -0.39 is 0 Å². The number of hydrogen-bond acceptors (Lipinski definition) is 3. The van der Waals surface area contributed by atoms with Gasteiger partial charge >= 0.3 is 0 Å². The molecule has 0 fully saturated rings. The van der Waals surface area contributed by atoms with Crippen molar-refractivity contribution in [2.45, 2.75) is 6.23 Å². The maximum absolute atomic E-state index is 6.37. The molecule has 1 unspecified atom stereocenters. The summed E-state index contributed by atoms with van der Waals surface area (Å²) < 4.78 is 6.37. The van der Waals surface area contributed by atoms with Crippen LogP contribution in [0.25, 0.3) is 54.6 Å². The summed E-state index contributed by atoms with van der Waals surface area (Å²) in [4.78, 5) is 2.34. The first-order valence-electron chi connectivity index (χ1n) is 17.8. The molecule has 1 N–H and O–H groups in total. The van der Waals surface area contributed by atoms with Gasteiger partial charge in [0, 0.05) is 28.0 Å². The van der Waals surface area contributed by atoms with Gasteiger partial charge in [-0.1, -0.05) is 146 Å². The van der Waals surface area contributed by atoms with Crippen molar-refractivity contribution >= 4 is 55.1 Å². The van der Waals surface area contributed by atoms with Crippen LogP contribution in [0.3, 0.4) is 0 Å². The summed E-state index contributed by atoms with van der Waals surface area (Å²) in [6, 6.07) is 69.4. The molecule has 3 heteroatoms. The van der Waals surface area contributed by atoms with E-state index in [2.05, 4.69) is 198 Å². The van der Waals surface area contributed by atoms with Crippen molar-refractivity contribution in [3.8, 4) is 28.0 Å². The van der Waals surface area contributed by atoms with Gasteiger partial charge in [0.2, 0.25) is 0 Å². The SMILES string of the molecule is c1ccc(-c2ccc(N(c3ccc(-c4ccc5c(ccc6ccc7c(c65)NC(c5ccccc5)O7)c4)cc3)c3ccc4ccccc4c3)cc2)cc1. The van der Waals surface area contributed by atoms with Crippen LogP contribution in [-0.2, 0) is 0 Å². The van der Waals surface area contributed by atoms with Gasteiger partial charge in [-0.3, -0.25) is 0 Å². The summed E-state index contributed by atoms with van der Waals surface area (Å²) in [5.74, 6) is 0.888. The lowest BCUT2D eigenvalue weighted by atomic mass is 9.96. The van der Waals surface area contributed by atoms with Crippen LogP contribution < -0.4 is 15.0 Å². The van der Waals surface area contributed by atoms with Gasteiger partial charge in [0.25, 0.3) is 0 Å². The molecule has 0 radical (unpaired) electrons. The van der Waals surface area contributed by atoms with E-state index in [9.17, 15) is 0 Å². The molecule has 52 heavy (non-hydrogen) atoms. The first-order valence-corrected chi connectivity index (χ1v) is 17.8. The lowest BCUT2D eigenvalue weighted by Crippen LogP contribution is -2.09. The molecule has 0 bridgehead atoms. The van der Waals surface area contributed by atoms with Crippen LogP contribution in [0.4, 0.5) is 22.7 Å². The van der Waals surface area contributed by atoms with Gasteiger partial charge in [0.15, 0.2) is 6.23 Å². The highest BCUT2D eigenvalue weighted by Crippen LogP contribution is 2.46. The molecule has 1 aliphatic heterocycles. The second-order valence-electron chi connectivity index (χ2n) is 13.4. The third-order valence-corrected chi connectivity index (χ3v) is 10.3. The van der Waals surface area contributed by atoms with Gasteiger partial charge in [0.05, 0.1) is 5.69 Å². The average Bonchev–Trinajstić information content (AvgIpc) is 3.67. The zero-order chi connectivity index (χ0) is 34.4. The Bertz CT molecular complexity index is 2720. The Morgan fingerprint density at radius 3 is 1.71 bits per heavy atom. The van der Waals surface area contributed by atoms with Crippen molar-refractivity contribution in [3.63, 3.8) is 0 Å². The van der Waals surface area contributed by atoms with Gasteiger partial charge in [0.1, 0.15) is 5.75 Å². The van der Waals surface area contributed by atoms with Crippen LogP contribution in [0.1, 0.15) is 11.8 Å². The van der Waals surface area contributed by atoms with Gasteiger partial charge in [-0.05, 0) is 97.7 Å². The number of nitrogens with zero attached hydrogens (tertiary/aromatic N) is 1. The topological polar surface area (TPSA) is 24.5 Å². The van der Waals surface area contributed by atoms with E-state index in [1.807, 2.05) is 6.07 Å². The van der Waals surface area contributed by atoms with Crippen LogP contribution in [-0.4, -0.2) is 0 Å². The summed E-state index contributed by atoms with van der Waals surface area (Å²) >= 11 is 0. The Balaban J connectivity index is 1.01. The van der Waals surface area contributed by atoms with E-state index in [1.165, 1.54) is 54.6 Å². The third kappa shape index (κ3) is 5.31. The molecule has 0 saturated carbocycles. The van der Waals surface area contributed by atoms with E-state index in [1.54, 1.807) is 0 Å². The molecule has 9 aromatic rings. The first-order chi connectivity index (χ1) is 25.7. The standard InChI is InChI=1S/C49H34N2O/c1-3-9-33(10-4-1)35-17-24-42(25-18-35)51(44-28-21-34-11-7-8-14-39(34)32-44)43-26-19-36(20-27-43)40-22-29-45-41(31-40)16-15-37-23-30-46-48(47(37)45)50-49(52-46)38-12-5-2-6-13-38/h1-32,49-50H. The highest BCUT2D eigenvalue weighted by atomic mass is 16.5. The van der Waals surface area contributed by atoms with E-state index in [-0.39, 0.29) is 6.23 Å². The number of fused-ring (bicyclic) bond motifs is 6. The fraction of sp³-hybridized carbons (Fsp3) is 0.0204. The molecule has 9 aromatic carbocycles. The van der Waals surface area contributed by atoms with Crippen LogP contribution in [0, 0.1) is 0 Å². The molecule has 0 spiro atoms. The minimum atomic E-state index is -0.203. The molecule has 3 nitrogen and oxygen atoms in total. The molecule has 0 aliphatic carbocycles.